The fourth-order valence-corrected chi connectivity index (χ4v) is 6.00. The maximum atomic E-state index is 12.6. The van der Waals surface area contributed by atoms with Crippen molar-refractivity contribution in [3.8, 4) is 0 Å². The molecule has 1 N–H and O–H groups in total. The van der Waals surface area contributed by atoms with E-state index < -0.39 is 0 Å². The molecule has 1 aliphatic rings. The van der Waals surface area contributed by atoms with Crippen LogP contribution in [0.5, 0.6) is 0 Å². The monoisotopic (exact) mass is 491 g/mol. The number of anilines is 1. The van der Waals surface area contributed by atoms with Crippen LogP contribution in [0.15, 0.2) is 85.3 Å². The summed E-state index contributed by atoms with van der Waals surface area (Å²) in [7, 11) is 0. The van der Waals surface area contributed by atoms with Crippen molar-refractivity contribution in [1.82, 2.24) is 9.97 Å². The molecule has 0 saturated heterocycles. The standard InChI is InChI=1S/C31H26ClN3O/c1-31(2)17-26-19(10-11-23-22-8-3-4-9-24(22)28(32)16-25(23)26)15-27(31)20-6-5-7-21(14-20)35-30(36)29-18-33-12-13-34-29/h3-14,16,18,27H,15,17H2,1-2H3,(H,35,36). The summed E-state index contributed by atoms with van der Waals surface area (Å²) in [5.74, 6) is 0.0517. The first-order valence-electron chi connectivity index (χ1n) is 12.2. The minimum Gasteiger partial charge on any atom is -0.321 e. The average Bonchev–Trinajstić information content (AvgIpc) is 2.89. The Labute approximate surface area is 215 Å². The molecule has 0 saturated carbocycles. The van der Waals surface area contributed by atoms with Crippen LogP contribution >= 0.6 is 11.6 Å². The van der Waals surface area contributed by atoms with Crippen LogP contribution < -0.4 is 5.32 Å². The Hall–Kier alpha value is -3.76. The molecule has 1 aliphatic carbocycles. The van der Waals surface area contributed by atoms with E-state index in [4.69, 9.17) is 11.6 Å². The van der Waals surface area contributed by atoms with Crippen LogP contribution in [0, 0.1) is 5.41 Å². The quantitative estimate of drug-likeness (QED) is 0.264. The van der Waals surface area contributed by atoms with Gasteiger partial charge < -0.3 is 5.32 Å². The molecule has 0 radical (unpaired) electrons. The van der Waals surface area contributed by atoms with Gasteiger partial charge in [0.25, 0.3) is 5.91 Å². The van der Waals surface area contributed by atoms with Crippen LogP contribution in [-0.2, 0) is 12.8 Å². The van der Waals surface area contributed by atoms with Crippen molar-refractivity contribution in [3.05, 3.63) is 113 Å². The van der Waals surface area contributed by atoms with E-state index in [0.29, 0.717) is 11.6 Å². The van der Waals surface area contributed by atoms with Gasteiger partial charge in [-0.3, -0.25) is 9.78 Å². The molecule has 1 aromatic heterocycles. The summed E-state index contributed by atoms with van der Waals surface area (Å²) in [6, 6.07) is 23.3. The molecule has 178 valence electrons. The number of nitrogens with zero attached hydrogens (tertiary/aromatic N) is 2. The van der Waals surface area contributed by atoms with Gasteiger partial charge in [-0.05, 0) is 75.2 Å². The number of amides is 1. The van der Waals surface area contributed by atoms with Crippen LogP contribution in [0.25, 0.3) is 21.5 Å². The summed E-state index contributed by atoms with van der Waals surface area (Å²) in [5.41, 5.74) is 5.07. The van der Waals surface area contributed by atoms with Gasteiger partial charge in [0, 0.05) is 28.5 Å². The van der Waals surface area contributed by atoms with Gasteiger partial charge in [-0.15, -0.1) is 0 Å². The minimum atomic E-state index is -0.260. The summed E-state index contributed by atoms with van der Waals surface area (Å²) in [4.78, 5) is 20.7. The average molecular weight is 492 g/mol. The third-order valence-electron chi connectivity index (χ3n) is 7.54. The predicted octanol–water partition coefficient (Wildman–Crippen LogP) is 7.60. The molecule has 1 atom stereocenters. The van der Waals surface area contributed by atoms with E-state index in [2.05, 4.69) is 77.7 Å². The van der Waals surface area contributed by atoms with Crippen LogP contribution in [0.1, 0.15) is 46.9 Å². The highest BCUT2D eigenvalue weighted by Gasteiger charge is 2.37. The number of benzene rings is 4. The maximum absolute atomic E-state index is 12.6. The van der Waals surface area contributed by atoms with Crippen molar-refractivity contribution < 1.29 is 4.79 Å². The molecule has 1 heterocycles. The van der Waals surface area contributed by atoms with Crippen molar-refractivity contribution in [3.63, 3.8) is 0 Å². The summed E-state index contributed by atoms with van der Waals surface area (Å²) in [5, 5.41) is 8.60. The first-order chi connectivity index (χ1) is 17.4. The molecular weight excluding hydrogens is 466 g/mol. The summed E-state index contributed by atoms with van der Waals surface area (Å²) in [6.45, 7) is 4.68. The second kappa shape index (κ2) is 8.72. The van der Waals surface area contributed by atoms with Gasteiger partial charge in [-0.1, -0.05) is 74.0 Å². The van der Waals surface area contributed by atoms with Gasteiger partial charge >= 0.3 is 0 Å². The number of carbonyl (C=O) groups is 1. The van der Waals surface area contributed by atoms with Crippen LogP contribution in [0.2, 0.25) is 5.02 Å². The van der Waals surface area contributed by atoms with E-state index in [1.807, 2.05) is 18.2 Å². The number of aromatic nitrogens is 2. The summed E-state index contributed by atoms with van der Waals surface area (Å²) in [6.07, 6.45) is 6.44. The van der Waals surface area contributed by atoms with E-state index >= 15 is 0 Å². The lowest BCUT2D eigenvalue weighted by molar-refractivity contribution is 0.102. The molecule has 5 heteroatoms. The van der Waals surface area contributed by atoms with Crippen LogP contribution in [0.3, 0.4) is 0 Å². The molecule has 1 amide bonds. The van der Waals surface area contributed by atoms with E-state index in [1.165, 1.54) is 45.2 Å². The normalized spacial score (nSPS) is 16.6. The van der Waals surface area contributed by atoms with Crippen molar-refractivity contribution in [2.75, 3.05) is 5.32 Å². The Morgan fingerprint density at radius 2 is 1.75 bits per heavy atom. The summed E-state index contributed by atoms with van der Waals surface area (Å²) >= 11 is 6.73. The van der Waals surface area contributed by atoms with Crippen molar-refractivity contribution in [2.24, 2.45) is 5.41 Å². The smallest absolute Gasteiger partial charge is 0.275 e. The third kappa shape index (κ3) is 3.92. The van der Waals surface area contributed by atoms with Gasteiger partial charge in [0.1, 0.15) is 5.69 Å². The van der Waals surface area contributed by atoms with Gasteiger partial charge in [-0.2, -0.15) is 0 Å². The number of carbonyl (C=O) groups excluding carboxylic acids is 1. The highest BCUT2D eigenvalue weighted by molar-refractivity contribution is 6.37. The Balaban J connectivity index is 1.37. The Morgan fingerprint density at radius 1 is 0.944 bits per heavy atom. The molecule has 0 bridgehead atoms. The highest BCUT2D eigenvalue weighted by atomic mass is 35.5. The number of hydrogen-bond acceptors (Lipinski definition) is 3. The second-order valence-electron chi connectivity index (χ2n) is 10.3. The van der Waals surface area contributed by atoms with Crippen molar-refractivity contribution >= 4 is 44.7 Å². The zero-order valence-electron chi connectivity index (χ0n) is 20.3. The number of rotatable bonds is 3. The SMILES string of the molecule is CC1(C)Cc2c(ccc3c2cc(Cl)c2ccccc23)CC1c1cccc(NC(=O)c2cnccn2)c1. The number of hydrogen-bond donors (Lipinski definition) is 1. The van der Waals surface area contributed by atoms with E-state index in [1.54, 1.807) is 6.20 Å². The Bertz CT molecular complexity index is 1630. The number of nitrogens with one attached hydrogen (secondary N) is 1. The van der Waals surface area contributed by atoms with Gasteiger partial charge in [-0.25, -0.2) is 4.98 Å². The van der Waals surface area contributed by atoms with Crippen LogP contribution in [0.4, 0.5) is 5.69 Å². The van der Waals surface area contributed by atoms with Gasteiger partial charge in [0.2, 0.25) is 0 Å². The molecule has 6 rings (SSSR count). The number of fused-ring (bicyclic) bond motifs is 5. The first kappa shape index (κ1) is 22.7. The third-order valence-corrected chi connectivity index (χ3v) is 7.85. The van der Waals surface area contributed by atoms with Gasteiger partial charge in [0.15, 0.2) is 0 Å². The molecule has 1 unspecified atom stereocenters. The highest BCUT2D eigenvalue weighted by Crippen LogP contribution is 2.48. The molecule has 36 heavy (non-hydrogen) atoms. The van der Waals surface area contributed by atoms with Crippen molar-refractivity contribution in [2.45, 2.75) is 32.6 Å². The lowest BCUT2D eigenvalue weighted by atomic mass is 9.63. The van der Waals surface area contributed by atoms with E-state index in [9.17, 15) is 4.79 Å². The second-order valence-corrected chi connectivity index (χ2v) is 10.7. The lowest BCUT2D eigenvalue weighted by Crippen LogP contribution is -2.31. The number of halogens is 1. The topological polar surface area (TPSA) is 54.9 Å². The largest absolute Gasteiger partial charge is 0.321 e. The Kier molecular flexibility index (Phi) is 5.50. The fourth-order valence-electron chi connectivity index (χ4n) is 5.73. The molecule has 0 spiro atoms. The Morgan fingerprint density at radius 3 is 2.56 bits per heavy atom. The lowest BCUT2D eigenvalue weighted by Gasteiger charge is -2.41. The summed E-state index contributed by atoms with van der Waals surface area (Å²) < 4.78 is 0. The fraction of sp³-hybridized carbons (Fsp3) is 0.194. The molecule has 0 fully saturated rings. The molecular formula is C31H26ClN3O. The molecule has 4 nitrogen and oxygen atoms in total. The minimum absolute atomic E-state index is 0.0208. The molecule has 5 aromatic rings. The van der Waals surface area contributed by atoms with E-state index in [0.717, 1.165) is 28.9 Å². The maximum Gasteiger partial charge on any atom is 0.275 e. The van der Waals surface area contributed by atoms with Gasteiger partial charge in [0.05, 0.1) is 6.20 Å². The zero-order valence-corrected chi connectivity index (χ0v) is 21.0. The zero-order chi connectivity index (χ0) is 24.9. The van der Waals surface area contributed by atoms with Crippen molar-refractivity contribution in [1.29, 1.82) is 0 Å². The first-order valence-corrected chi connectivity index (χ1v) is 12.6. The molecule has 4 aromatic carbocycles. The van der Waals surface area contributed by atoms with E-state index in [-0.39, 0.29) is 11.3 Å². The molecule has 0 aliphatic heterocycles. The van der Waals surface area contributed by atoms with Crippen LogP contribution in [-0.4, -0.2) is 15.9 Å². The predicted molar refractivity (Wildman–Crippen MR) is 147 cm³/mol.